The smallest absolute Gasteiger partial charge is 0.127 e. The third-order valence-electron chi connectivity index (χ3n) is 3.03. The highest BCUT2D eigenvalue weighted by atomic mass is 32.1. The Morgan fingerprint density at radius 1 is 1.28 bits per heavy atom. The quantitative estimate of drug-likeness (QED) is 0.824. The number of benzene rings is 1. The second-order valence-electron chi connectivity index (χ2n) is 4.30. The molecule has 96 valence electrons. The van der Waals surface area contributed by atoms with Gasteiger partial charge in [-0.1, -0.05) is 25.1 Å². The normalized spacial score (nSPS) is 12.6. The first-order valence-corrected chi connectivity index (χ1v) is 7.24. The summed E-state index contributed by atoms with van der Waals surface area (Å²) in [5, 5.41) is 7.61. The van der Waals surface area contributed by atoms with E-state index >= 15 is 0 Å². The molecule has 1 atom stereocenters. The molecule has 0 saturated carbocycles. The average molecular weight is 263 g/mol. The summed E-state index contributed by atoms with van der Waals surface area (Å²) in [6.45, 7) is 2.90. The summed E-state index contributed by atoms with van der Waals surface area (Å²) in [5.74, 6) is -0.117. The van der Waals surface area contributed by atoms with Gasteiger partial charge in [0.1, 0.15) is 5.82 Å². The molecule has 0 aliphatic carbocycles. The monoisotopic (exact) mass is 263 g/mol. The van der Waals surface area contributed by atoms with Crippen molar-refractivity contribution in [1.29, 1.82) is 0 Å². The number of aryl methyl sites for hydroxylation is 1. The lowest BCUT2D eigenvalue weighted by molar-refractivity contribution is 0.485. The summed E-state index contributed by atoms with van der Waals surface area (Å²) in [7, 11) is 0. The van der Waals surface area contributed by atoms with Crippen LogP contribution in [0.4, 0.5) is 4.39 Å². The highest BCUT2D eigenvalue weighted by Crippen LogP contribution is 2.22. The molecule has 0 saturated heterocycles. The second kappa shape index (κ2) is 6.66. The largest absolute Gasteiger partial charge is 0.310 e. The summed E-state index contributed by atoms with van der Waals surface area (Å²) in [6, 6.07) is 9.26. The molecule has 0 fully saturated rings. The molecule has 2 aromatic rings. The van der Waals surface area contributed by atoms with Crippen molar-refractivity contribution < 1.29 is 4.39 Å². The van der Waals surface area contributed by atoms with Crippen LogP contribution in [0.2, 0.25) is 0 Å². The summed E-state index contributed by atoms with van der Waals surface area (Å²) < 4.78 is 13.8. The molecule has 1 aromatic heterocycles. The lowest BCUT2D eigenvalue weighted by Crippen LogP contribution is -2.22. The van der Waals surface area contributed by atoms with Crippen LogP contribution in [-0.4, -0.2) is 6.54 Å². The second-order valence-corrected chi connectivity index (χ2v) is 5.08. The van der Waals surface area contributed by atoms with Crippen LogP contribution in [0.5, 0.6) is 0 Å². The summed E-state index contributed by atoms with van der Waals surface area (Å²) >= 11 is 1.71. The molecule has 1 heterocycles. The van der Waals surface area contributed by atoms with Gasteiger partial charge in [-0.2, -0.15) is 11.3 Å². The molecular weight excluding hydrogens is 245 g/mol. The fraction of sp³-hybridized carbons (Fsp3) is 0.333. The number of hydrogen-bond acceptors (Lipinski definition) is 2. The lowest BCUT2D eigenvalue weighted by Gasteiger charge is -2.18. The van der Waals surface area contributed by atoms with Crippen molar-refractivity contribution in [3.63, 3.8) is 0 Å². The van der Waals surface area contributed by atoms with Crippen LogP contribution in [0, 0.1) is 5.82 Å². The van der Waals surface area contributed by atoms with E-state index in [-0.39, 0.29) is 11.9 Å². The Labute approximate surface area is 112 Å². The first kappa shape index (κ1) is 13.2. The Hall–Kier alpha value is -1.19. The van der Waals surface area contributed by atoms with Gasteiger partial charge < -0.3 is 5.32 Å². The number of rotatable bonds is 6. The van der Waals surface area contributed by atoms with Crippen molar-refractivity contribution >= 4 is 11.3 Å². The minimum atomic E-state index is -0.117. The molecule has 2 rings (SSSR count). The minimum Gasteiger partial charge on any atom is -0.310 e. The standard InChI is InChI=1S/C15H18FNS/c1-2-17-15(8-7-12-9-10-18-11-12)13-5-3-4-6-14(13)16/h3-6,9-11,15,17H,2,7-8H2,1H3. The third-order valence-corrected chi connectivity index (χ3v) is 3.77. The Balaban J connectivity index is 2.06. The van der Waals surface area contributed by atoms with E-state index in [1.165, 1.54) is 11.6 Å². The number of halogens is 1. The van der Waals surface area contributed by atoms with Crippen LogP contribution in [0.1, 0.15) is 30.5 Å². The predicted molar refractivity (Wildman–Crippen MR) is 75.5 cm³/mol. The van der Waals surface area contributed by atoms with Gasteiger partial charge >= 0.3 is 0 Å². The molecule has 1 nitrogen and oxygen atoms in total. The van der Waals surface area contributed by atoms with Crippen LogP contribution in [0.25, 0.3) is 0 Å². The van der Waals surface area contributed by atoms with Gasteiger partial charge in [-0.15, -0.1) is 0 Å². The van der Waals surface area contributed by atoms with Crippen LogP contribution >= 0.6 is 11.3 Å². The Bertz CT molecular complexity index is 467. The van der Waals surface area contributed by atoms with Crippen LogP contribution in [0.3, 0.4) is 0 Å². The van der Waals surface area contributed by atoms with Gasteiger partial charge in [-0.25, -0.2) is 4.39 Å². The maximum absolute atomic E-state index is 13.8. The van der Waals surface area contributed by atoms with Gasteiger partial charge in [0.25, 0.3) is 0 Å². The molecular formula is C15H18FNS. The van der Waals surface area contributed by atoms with E-state index in [2.05, 4.69) is 29.1 Å². The van der Waals surface area contributed by atoms with E-state index < -0.39 is 0 Å². The molecule has 0 bridgehead atoms. The molecule has 1 N–H and O–H groups in total. The topological polar surface area (TPSA) is 12.0 Å². The summed E-state index contributed by atoms with van der Waals surface area (Å²) in [5.41, 5.74) is 2.11. The predicted octanol–water partition coefficient (Wildman–Crippen LogP) is 4.17. The van der Waals surface area contributed by atoms with E-state index in [0.717, 1.165) is 24.9 Å². The molecule has 0 radical (unpaired) electrons. The van der Waals surface area contributed by atoms with E-state index in [0.29, 0.717) is 0 Å². The molecule has 1 aromatic carbocycles. The fourth-order valence-corrected chi connectivity index (χ4v) is 2.82. The molecule has 18 heavy (non-hydrogen) atoms. The lowest BCUT2D eigenvalue weighted by atomic mass is 9.99. The Kier molecular flexibility index (Phi) is 4.90. The fourth-order valence-electron chi connectivity index (χ4n) is 2.12. The van der Waals surface area contributed by atoms with E-state index in [4.69, 9.17) is 0 Å². The van der Waals surface area contributed by atoms with Gasteiger partial charge in [0.05, 0.1) is 0 Å². The van der Waals surface area contributed by atoms with Crippen molar-refractivity contribution in [3.8, 4) is 0 Å². The molecule has 0 aliphatic rings. The number of hydrogen-bond donors (Lipinski definition) is 1. The minimum absolute atomic E-state index is 0.0936. The van der Waals surface area contributed by atoms with Gasteiger partial charge in [0.15, 0.2) is 0 Å². The molecule has 0 spiro atoms. The Morgan fingerprint density at radius 2 is 2.11 bits per heavy atom. The first-order chi connectivity index (χ1) is 8.81. The first-order valence-electron chi connectivity index (χ1n) is 6.30. The maximum Gasteiger partial charge on any atom is 0.127 e. The molecule has 3 heteroatoms. The van der Waals surface area contributed by atoms with E-state index in [1.807, 2.05) is 12.1 Å². The van der Waals surface area contributed by atoms with Crippen molar-refractivity contribution in [2.75, 3.05) is 6.54 Å². The van der Waals surface area contributed by atoms with Crippen LogP contribution in [0.15, 0.2) is 41.1 Å². The van der Waals surface area contributed by atoms with Crippen molar-refractivity contribution in [3.05, 3.63) is 58.0 Å². The zero-order valence-corrected chi connectivity index (χ0v) is 11.3. The van der Waals surface area contributed by atoms with Crippen LogP contribution < -0.4 is 5.32 Å². The zero-order valence-electron chi connectivity index (χ0n) is 10.5. The van der Waals surface area contributed by atoms with Gasteiger partial charge in [0, 0.05) is 11.6 Å². The third kappa shape index (κ3) is 3.40. The summed E-state index contributed by atoms with van der Waals surface area (Å²) in [4.78, 5) is 0. The van der Waals surface area contributed by atoms with Gasteiger partial charge in [-0.05, 0) is 47.8 Å². The maximum atomic E-state index is 13.8. The van der Waals surface area contributed by atoms with Crippen molar-refractivity contribution in [2.24, 2.45) is 0 Å². The highest BCUT2D eigenvalue weighted by Gasteiger charge is 2.14. The number of thiophene rings is 1. The highest BCUT2D eigenvalue weighted by molar-refractivity contribution is 7.07. The number of nitrogens with one attached hydrogen (secondary N) is 1. The van der Waals surface area contributed by atoms with Crippen molar-refractivity contribution in [2.45, 2.75) is 25.8 Å². The molecule has 0 amide bonds. The molecule has 1 unspecified atom stereocenters. The van der Waals surface area contributed by atoms with Gasteiger partial charge in [0.2, 0.25) is 0 Å². The summed E-state index contributed by atoms with van der Waals surface area (Å²) in [6.07, 6.45) is 1.90. The van der Waals surface area contributed by atoms with Crippen LogP contribution in [-0.2, 0) is 6.42 Å². The van der Waals surface area contributed by atoms with Crippen molar-refractivity contribution in [1.82, 2.24) is 5.32 Å². The SMILES string of the molecule is CCNC(CCc1ccsc1)c1ccccc1F. The van der Waals surface area contributed by atoms with Gasteiger partial charge in [-0.3, -0.25) is 0 Å². The Morgan fingerprint density at radius 3 is 2.78 bits per heavy atom. The van der Waals surface area contributed by atoms with E-state index in [1.54, 1.807) is 17.4 Å². The van der Waals surface area contributed by atoms with E-state index in [9.17, 15) is 4.39 Å². The average Bonchev–Trinajstić information content (AvgIpc) is 2.88. The zero-order chi connectivity index (χ0) is 12.8. The molecule has 0 aliphatic heterocycles.